The van der Waals surface area contributed by atoms with Gasteiger partial charge in [-0.25, -0.2) is 9.03 Å². The number of hydrogen-bond acceptors (Lipinski definition) is 3. The number of aromatic nitrogens is 4. The molecule has 0 bridgehead atoms. The highest BCUT2D eigenvalue weighted by atomic mass is 15.2. The Morgan fingerprint density at radius 3 is 1.88 bits per heavy atom. The Morgan fingerprint density at radius 1 is 0.840 bits per heavy atom. The van der Waals surface area contributed by atoms with E-state index in [-0.39, 0.29) is 0 Å². The first kappa shape index (κ1) is 14.7. The van der Waals surface area contributed by atoms with Crippen LogP contribution in [0.3, 0.4) is 0 Å². The molecule has 0 N–H and O–H groups in total. The SMILES string of the molecule is c1cc2cc(CN(Cc3ccn4nccc4c3)C3CCC3)ccn2n1. The first-order chi connectivity index (χ1) is 12.3. The lowest BCUT2D eigenvalue weighted by atomic mass is 9.90. The molecular weight excluding hydrogens is 310 g/mol. The van der Waals surface area contributed by atoms with Crippen LogP contribution in [0.1, 0.15) is 30.4 Å². The van der Waals surface area contributed by atoms with Crippen LogP contribution in [0.4, 0.5) is 0 Å². The Balaban J connectivity index is 1.40. The predicted molar refractivity (Wildman–Crippen MR) is 97.3 cm³/mol. The van der Waals surface area contributed by atoms with Crippen molar-refractivity contribution in [2.45, 2.75) is 38.4 Å². The van der Waals surface area contributed by atoms with Crippen LogP contribution in [0.25, 0.3) is 11.0 Å². The third-order valence-corrected chi connectivity index (χ3v) is 5.29. The van der Waals surface area contributed by atoms with Crippen molar-refractivity contribution >= 4 is 11.0 Å². The van der Waals surface area contributed by atoms with Crippen LogP contribution in [-0.4, -0.2) is 30.2 Å². The molecule has 1 aliphatic rings. The minimum absolute atomic E-state index is 0.697. The lowest BCUT2D eigenvalue weighted by Gasteiger charge is -2.37. The normalized spacial score (nSPS) is 15.2. The molecule has 0 aromatic carbocycles. The zero-order valence-electron chi connectivity index (χ0n) is 14.1. The molecule has 4 aromatic rings. The maximum absolute atomic E-state index is 4.29. The van der Waals surface area contributed by atoms with Crippen molar-refractivity contribution in [3.63, 3.8) is 0 Å². The quantitative estimate of drug-likeness (QED) is 0.561. The van der Waals surface area contributed by atoms with Gasteiger partial charge in [0.1, 0.15) is 0 Å². The van der Waals surface area contributed by atoms with Gasteiger partial charge in [-0.05, 0) is 60.4 Å². The van der Waals surface area contributed by atoms with Gasteiger partial charge in [-0.15, -0.1) is 0 Å². The Kier molecular flexibility index (Phi) is 3.52. The van der Waals surface area contributed by atoms with Crippen LogP contribution in [0.15, 0.2) is 61.2 Å². The molecule has 0 spiro atoms. The summed E-state index contributed by atoms with van der Waals surface area (Å²) in [7, 11) is 0. The smallest absolute Gasteiger partial charge is 0.0664 e. The fourth-order valence-corrected chi connectivity index (χ4v) is 3.67. The van der Waals surface area contributed by atoms with E-state index in [0.29, 0.717) is 6.04 Å². The van der Waals surface area contributed by atoms with Crippen molar-refractivity contribution in [1.29, 1.82) is 0 Å². The summed E-state index contributed by atoms with van der Waals surface area (Å²) < 4.78 is 3.84. The molecule has 0 saturated heterocycles. The van der Waals surface area contributed by atoms with E-state index in [0.717, 1.165) is 24.1 Å². The van der Waals surface area contributed by atoms with Gasteiger partial charge in [0.05, 0.1) is 11.0 Å². The second-order valence-electron chi connectivity index (χ2n) is 6.96. The van der Waals surface area contributed by atoms with Gasteiger partial charge in [0.15, 0.2) is 0 Å². The highest BCUT2D eigenvalue weighted by Gasteiger charge is 2.25. The second-order valence-corrected chi connectivity index (χ2v) is 6.96. The molecule has 5 heteroatoms. The van der Waals surface area contributed by atoms with Gasteiger partial charge in [-0.1, -0.05) is 6.42 Å². The maximum atomic E-state index is 4.29. The molecule has 0 unspecified atom stereocenters. The molecule has 126 valence electrons. The molecule has 5 nitrogen and oxygen atoms in total. The number of fused-ring (bicyclic) bond motifs is 2. The van der Waals surface area contributed by atoms with E-state index >= 15 is 0 Å². The van der Waals surface area contributed by atoms with Gasteiger partial charge in [0, 0.05) is 43.9 Å². The van der Waals surface area contributed by atoms with Crippen molar-refractivity contribution < 1.29 is 0 Å². The lowest BCUT2D eigenvalue weighted by Crippen LogP contribution is -2.39. The summed E-state index contributed by atoms with van der Waals surface area (Å²) in [5, 5.41) is 8.58. The van der Waals surface area contributed by atoms with Gasteiger partial charge >= 0.3 is 0 Å². The number of pyridine rings is 2. The topological polar surface area (TPSA) is 37.8 Å². The molecule has 0 amide bonds. The third-order valence-electron chi connectivity index (χ3n) is 5.29. The molecule has 4 heterocycles. The van der Waals surface area contributed by atoms with Crippen LogP contribution in [0.5, 0.6) is 0 Å². The van der Waals surface area contributed by atoms with E-state index in [4.69, 9.17) is 0 Å². The molecule has 4 aromatic heterocycles. The fraction of sp³-hybridized carbons (Fsp3) is 0.300. The van der Waals surface area contributed by atoms with Crippen LogP contribution < -0.4 is 0 Å². The van der Waals surface area contributed by atoms with Crippen molar-refractivity contribution in [3.8, 4) is 0 Å². The molecule has 1 saturated carbocycles. The van der Waals surface area contributed by atoms with E-state index in [9.17, 15) is 0 Å². The van der Waals surface area contributed by atoms with Gasteiger partial charge in [-0.2, -0.15) is 10.2 Å². The molecule has 1 fully saturated rings. The summed E-state index contributed by atoms with van der Waals surface area (Å²) in [6.45, 7) is 1.97. The molecule has 0 atom stereocenters. The highest BCUT2D eigenvalue weighted by molar-refractivity contribution is 5.48. The van der Waals surface area contributed by atoms with Crippen LogP contribution in [0, 0.1) is 0 Å². The zero-order valence-corrected chi connectivity index (χ0v) is 14.1. The Morgan fingerprint density at radius 2 is 1.40 bits per heavy atom. The van der Waals surface area contributed by atoms with E-state index in [1.807, 2.05) is 21.4 Å². The summed E-state index contributed by atoms with van der Waals surface area (Å²) in [5.74, 6) is 0. The van der Waals surface area contributed by atoms with Crippen molar-refractivity contribution in [1.82, 2.24) is 24.1 Å². The van der Waals surface area contributed by atoms with Crippen molar-refractivity contribution in [2.24, 2.45) is 0 Å². The number of rotatable bonds is 5. The minimum atomic E-state index is 0.697. The van der Waals surface area contributed by atoms with Gasteiger partial charge in [0.25, 0.3) is 0 Å². The summed E-state index contributed by atoms with van der Waals surface area (Å²) in [6.07, 6.45) is 11.8. The Labute approximate surface area is 146 Å². The summed E-state index contributed by atoms with van der Waals surface area (Å²) in [5.41, 5.74) is 5.02. The molecular formula is C20H21N5. The van der Waals surface area contributed by atoms with E-state index in [1.165, 1.54) is 30.4 Å². The average Bonchev–Trinajstić information content (AvgIpc) is 3.20. The molecule has 0 aliphatic heterocycles. The van der Waals surface area contributed by atoms with Crippen LogP contribution >= 0.6 is 0 Å². The number of hydrogen-bond donors (Lipinski definition) is 0. The zero-order chi connectivity index (χ0) is 16.6. The van der Waals surface area contributed by atoms with Crippen LogP contribution in [-0.2, 0) is 13.1 Å². The predicted octanol–water partition coefficient (Wildman–Crippen LogP) is 3.54. The number of nitrogens with zero attached hydrogens (tertiary/aromatic N) is 5. The summed E-state index contributed by atoms with van der Waals surface area (Å²) in [4.78, 5) is 2.62. The van der Waals surface area contributed by atoms with Crippen molar-refractivity contribution in [2.75, 3.05) is 0 Å². The molecule has 5 rings (SSSR count). The largest absolute Gasteiger partial charge is 0.292 e. The molecule has 1 aliphatic carbocycles. The summed E-state index contributed by atoms with van der Waals surface area (Å²) >= 11 is 0. The van der Waals surface area contributed by atoms with Crippen LogP contribution in [0.2, 0.25) is 0 Å². The van der Waals surface area contributed by atoms with Crippen molar-refractivity contribution in [3.05, 3.63) is 72.3 Å². The maximum Gasteiger partial charge on any atom is 0.0664 e. The van der Waals surface area contributed by atoms with E-state index in [1.54, 1.807) is 0 Å². The Hall–Kier alpha value is -2.66. The minimum Gasteiger partial charge on any atom is -0.292 e. The summed E-state index contributed by atoms with van der Waals surface area (Å²) in [6, 6.07) is 13.7. The molecule has 0 radical (unpaired) electrons. The monoisotopic (exact) mass is 331 g/mol. The van der Waals surface area contributed by atoms with E-state index in [2.05, 4.69) is 63.9 Å². The fourth-order valence-electron chi connectivity index (χ4n) is 3.67. The van der Waals surface area contributed by atoms with E-state index < -0.39 is 0 Å². The van der Waals surface area contributed by atoms with Gasteiger partial charge in [-0.3, -0.25) is 4.90 Å². The first-order valence-corrected chi connectivity index (χ1v) is 8.94. The molecule has 25 heavy (non-hydrogen) atoms. The second kappa shape index (κ2) is 6.01. The third kappa shape index (κ3) is 2.81. The first-order valence-electron chi connectivity index (χ1n) is 8.94. The average molecular weight is 331 g/mol. The van der Waals surface area contributed by atoms with Gasteiger partial charge < -0.3 is 0 Å². The standard InChI is InChI=1S/C20H21N5/c1-2-18(3-1)23(14-16-6-10-24-19(12-16)4-8-21-24)15-17-7-11-25-20(13-17)5-9-22-25/h4-13,18H,1-3,14-15H2. The van der Waals surface area contributed by atoms with Gasteiger partial charge in [0.2, 0.25) is 0 Å². The highest BCUT2D eigenvalue weighted by Crippen LogP contribution is 2.28. The Bertz CT molecular complexity index is 935. The lowest BCUT2D eigenvalue weighted by molar-refractivity contribution is 0.111.